The highest BCUT2D eigenvalue weighted by Crippen LogP contribution is 2.33. The highest BCUT2D eigenvalue weighted by atomic mass is 19.4. The summed E-state index contributed by atoms with van der Waals surface area (Å²) in [6, 6.07) is 4.76. The Morgan fingerprint density at radius 2 is 1.79 bits per heavy atom. The lowest BCUT2D eigenvalue weighted by molar-refractivity contribution is -0.137. The molecule has 1 aliphatic rings. The van der Waals surface area contributed by atoms with E-state index in [1.54, 1.807) is 0 Å². The van der Waals surface area contributed by atoms with Gasteiger partial charge in [-0.25, -0.2) is 4.79 Å². The molecule has 0 unspecified atom stereocenters. The molecule has 1 aromatic carbocycles. The Morgan fingerprint density at radius 3 is 2.21 bits per heavy atom. The number of carboxylic acid groups (broad SMARTS) is 1. The topological polar surface area (TPSA) is 40.5 Å². The molecule has 1 N–H and O–H groups in total. The van der Waals surface area contributed by atoms with Gasteiger partial charge >= 0.3 is 12.3 Å². The lowest BCUT2D eigenvalue weighted by Gasteiger charge is -2.38. The van der Waals surface area contributed by atoms with Crippen molar-refractivity contribution in [1.82, 2.24) is 4.90 Å². The number of benzene rings is 1. The number of alkyl halides is 3. The van der Waals surface area contributed by atoms with Crippen LogP contribution in [0.3, 0.4) is 0 Å². The Morgan fingerprint density at radius 1 is 1.26 bits per heavy atom. The number of amides is 1. The minimum Gasteiger partial charge on any atom is -0.465 e. The van der Waals surface area contributed by atoms with Crippen molar-refractivity contribution in [1.29, 1.82) is 0 Å². The van der Waals surface area contributed by atoms with Crippen molar-refractivity contribution in [3.8, 4) is 0 Å². The van der Waals surface area contributed by atoms with Crippen LogP contribution in [0.2, 0.25) is 0 Å². The maximum absolute atomic E-state index is 12.4. The lowest BCUT2D eigenvalue weighted by atomic mass is 9.87. The first-order chi connectivity index (χ1) is 8.79. The number of carbonyl (C=O) groups is 1. The lowest BCUT2D eigenvalue weighted by Crippen LogP contribution is -2.49. The fraction of sp³-hybridized carbons (Fsp3) is 0.308. The predicted molar refractivity (Wildman–Crippen MR) is 63.6 cm³/mol. The van der Waals surface area contributed by atoms with Crippen LogP contribution < -0.4 is 0 Å². The van der Waals surface area contributed by atoms with Gasteiger partial charge in [0, 0.05) is 19.0 Å². The summed E-state index contributed by atoms with van der Waals surface area (Å²) in [5, 5.41) is 8.70. The highest BCUT2D eigenvalue weighted by molar-refractivity contribution is 5.71. The van der Waals surface area contributed by atoms with Gasteiger partial charge in [0.25, 0.3) is 0 Å². The average molecular weight is 271 g/mol. The maximum Gasteiger partial charge on any atom is 0.416 e. The SMILES string of the molecule is C=C(c1ccc(C(F)(F)F)cc1)C1CN(C(=O)O)C1. The van der Waals surface area contributed by atoms with Crippen molar-refractivity contribution in [2.45, 2.75) is 6.18 Å². The molecule has 1 aliphatic heterocycles. The number of hydrogen-bond acceptors (Lipinski definition) is 1. The van der Waals surface area contributed by atoms with Crippen molar-refractivity contribution in [3.63, 3.8) is 0 Å². The van der Waals surface area contributed by atoms with Gasteiger partial charge in [-0.3, -0.25) is 0 Å². The van der Waals surface area contributed by atoms with Crippen molar-refractivity contribution in [2.24, 2.45) is 5.92 Å². The quantitative estimate of drug-likeness (QED) is 0.896. The molecule has 0 saturated carbocycles. The Bertz CT molecular complexity index is 502. The zero-order valence-corrected chi connectivity index (χ0v) is 9.94. The number of halogens is 3. The van der Waals surface area contributed by atoms with E-state index in [-0.39, 0.29) is 5.92 Å². The van der Waals surface area contributed by atoms with E-state index in [4.69, 9.17) is 5.11 Å². The summed E-state index contributed by atoms with van der Waals surface area (Å²) in [5.74, 6) is -0.0205. The van der Waals surface area contributed by atoms with Crippen molar-refractivity contribution in [2.75, 3.05) is 13.1 Å². The van der Waals surface area contributed by atoms with Crippen LogP contribution in [0.1, 0.15) is 11.1 Å². The van der Waals surface area contributed by atoms with Crippen LogP contribution in [0.4, 0.5) is 18.0 Å². The summed E-state index contributed by atoms with van der Waals surface area (Å²) in [6.07, 6.45) is -5.34. The average Bonchev–Trinajstić information content (AvgIpc) is 2.25. The fourth-order valence-electron chi connectivity index (χ4n) is 1.96. The first-order valence-electron chi connectivity index (χ1n) is 5.63. The van der Waals surface area contributed by atoms with Crippen LogP contribution in [-0.2, 0) is 6.18 Å². The summed E-state index contributed by atoms with van der Waals surface area (Å²) in [5.41, 5.74) is 0.582. The van der Waals surface area contributed by atoms with Crippen LogP contribution in [0.25, 0.3) is 5.57 Å². The minimum atomic E-state index is -4.35. The summed E-state index contributed by atoms with van der Waals surface area (Å²) >= 11 is 0. The zero-order valence-electron chi connectivity index (χ0n) is 9.94. The van der Waals surface area contributed by atoms with Crippen LogP contribution in [-0.4, -0.2) is 29.2 Å². The van der Waals surface area contributed by atoms with Gasteiger partial charge in [0.2, 0.25) is 0 Å². The van der Waals surface area contributed by atoms with E-state index in [2.05, 4.69) is 6.58 Å². The van der Waals surface area contributed by atoms with Gasteiger partial charge in [0.15, 0.2) is 0 Å². The second-order valence-electron chi connectivity index (χ2n) is 4.48. The number of likely N-dealkylation sites (tertiary alicyclic amines) is 1. The second kappa shape index (κ2) is 4.60. The van der Waals surface area contributed by atoms with Crippen LogP contribution in [0.15, 0.2) is 30.8 Å². The van der Waals surface area contributed by atoms with Gasteiger partial charge < -0.3 is 10.0 Å². The fourth-order valence-corrected chi connectivity index (χ4v) is 1.96. The Kier molecular flexibility index (Phi) is 3.26. The molecule has 0 radical (unpaired) electrons. The zero-order chi connectivity index (χ0) is 14.2. The van der Waals surface area contributed by atoms with Gasteiger partial charge in [-0.15, -0.1) is 0 Å². The molecule has 1 amide bonds. The highest BCUT2D eigenvalue weighted by Gasteiger charge is 2.33. The largest absolute Gasteiger partial charge is 0.465 e. The molecule has 2 rings (SSSR count). The van der Waals surface area contributed by atoms with E-state index in [9.17, 15) is 18.0 Å². The molecule has 3 nitrogen and oxygen atoms in total. The summed E-state index contributed by atoms with van der Waals surface area (Å²) < 4.78 is 37.2. The minimum absolute atomic E-state index is 0.0205. The second-order valence-corrected chi connectivity index (χ2v) is 4.48. The van der Waals surface area contributed by atoms with E-state index >= 15 is 0 Å². The Hall–Kier alpha value is -1.98. The van der Waals surface area contributed by atoms with Gasteiger partial charge in [0.1, 0.15) is 0 Å². The monoisotopic (exact) mass is 271 g/mol. The molecule has 1 aromatic rings. The van der Waals surface area contributed by atoms with E-state index in [1.807, 2.05) is 0 Å². The molecular formula is C13H12F3NO2. The first kappa shape index (κ1) is 13.5. The van der Waals surface area contributed by atoms with Crippen LogP contribution in [0.5, 0.6) is 0 Å². The predicted octanol–water partition coefficient (Wildman–Crippen LogP) is 3.33. The van der Waals surface area contributed by atoms with Crippen LogP contribution in [0, 0.1) is 5.92 Å². The first-order valence-corrected chi connectivity index (χ1v) is 5.63. The van der Waals surface area contributed by atoms with Gasteiger partial charge in [-0.05, 0) is 23.3 Å². The third-order valence-corrected chi connectivity index (χ3v) is 3.23. The molecule has 1 saturated heterocycles. The van der Waals surface area contributed by atoms with Gasteiger partial charge in [0.05, 0.1) is 5.56 Å². The number of rotatable bonds is 2. The molecule has 0 aromatic heterocycles. The smallest absolute Gasteiger partial charge is 0.416 e. The molecule has 1 fully saturated rings. The molecule has 1 heterocycles. The summed E-state index contributed by atoms with van der Waals surface area (Å²) in [4.78, 5) is 11.8. The van der Waals surface area contributed by atoms with Crippen molar-refractivity contribution < 1.29 is 23.1 Å². The van der Waals surface area contributed by atoms with E-state index < -0.39 is 17.8 Å². The van der Waals surface area contributed by atoms with Crippen molar-refractivity contribution >= 4 is 11.7 Å². The van der Waals surface area contributed by atoms with E-state index in [0.717, 1.165) is 12.1 Å². The normalized spacial score (nSPS) is 16.1. The van der Waals surface area contributed by atoms with Gasteiger partial charge in [-0.1, -0.05) is 18.7 Å². The number of hydrogen-bond donors (Lipinski definition) is 1. The van der Waals surface area contributed by atoms with E-state index in [0.29, 0.717) is 24.2 Å². The molecular weight excluding hydrogens is 259 g/mol. The summed E-state index contributed by atoms with van der Waals surface area (Å²) in [6.45, 7) is 4.52. The molecule has 0 spiro atoms. The van der Waals surface area contributed by atoms with Crippen molar-refractivity contribution in [3.05, 3.63) is 42.0 Å². The Balaban J connectivity index is 2.04. The molecule has 0 bridgehead atoms. The molecule has 0 atom stereocenters. The number of nitrogens with zero attached hydrogens (tertiary/aromatic N) is 1. The standard InChI is InChI=1S/C13H12F3NO2/c1-8(10-6-17(7-10)12(18)19)9-2-4-11(5-3-9)13(14,15)16/h2-5,10H,1,6-7H2,(H,18,19). The maximum atomic E-state index is 12.4. The third kappa shape index (κ3) is 2.72. The van der Waals surface area contributed by atoms with Crippen LogP contribution >= 0.6 is 0 Å². The third-order valence-electron chi connectivity index (χ3n) is 3.23. The molecule has 0 aliphatic carbocycles. The van der Waals surface area contributed by atoms with E-state index in [1.165, 1.54) is 17.0 Å². The molecule has 6 heteroatoms. The Labute approximate surface area is 108 Å². The summed E-state index contributed by atoms with van der Waals surface area (Å²) in [7, 11) is 0. The molecule has 102 valence electrons. The molecule has 19 heavy (non-hydrogen) atoms. The van der Waals surface area contributed by atoms with Gasteiger partial charge in [-0.2, -0.15) is 13.2 Å².